The van der Waals surface area contributed by atoms with E-state index in [0.717, 1.165) is 30.6 Å². The molecular formula is C16H25N3O2. The minimum atomic E-state index is -0.338. The predicted molar refractivity (Wildman–Crippen MR) is 78.6 cm³/mol. The lowest BCUT2D eigenvalue weighted by atomic mass is 9.53. The van der Waals surface area contributed by atoms with Gasteiger partial charge in [0, 0.05) is 11.6 Å². The summed E-state index contributed by atoms with van der Waals surface area (Å²) in [6.45, 7) is 0.268. The number of urea groups is 1. The second-order valence-electron chi connectivity index (χ2n) is 7.85. The van der Waals surface area contributed by atoms with E-state index in [1.165, 1.54) is 38.5 Å². The van der Waals surface area contributed by atoms with E-state index in [1.54, 1.807) is 0 Å². The summed E-state index contributed by atoms with van der Waals surface area (Å²) in [5.41, 5.74) is 0.180. The van der Waals surface area contributed by atoms with Crippen LogP contribution >= 0.6 is 0 Å². The van der Waals surface area contributed by atoms with Crippen LogP contribution in [0.15, 0.2) is 0 Å². The predicted octanol–water partition coefficient (Wildman–Crippen LogP) is 1.53. The van der Waals surface area contributed by atoms with Crippen molar-refractivity contribution < 1.29 is 9.59 Å². The van der Waals surface area contributed by atoms with Crippen molar-refractivity contribution >= 4 is 11.9 Å². The van der Waals surface area contributed by atoms with Gasteiger partial charge in [0.25, 0.3) is 0 Å². The van der Waals surface area contributed by atoms with Gasteiger partial charge in [-0.25, -0.2) is 4.79 Å². The fraction of sp³-hybridized carbons (Fsp3) is 0.875. The van der Waals surface area contributed by atoms with Crippen LogP contribution < -0.4 is 16.0 Å². The van der Waals surface area contributed by atoms with Gasteiger partial charge in [-0.05, 0) is 69.1 Å². The highest BCUT2D eigenvalue weighted by atomic mass is 16.2. The molecule has 0 heterocycles. The Hall–Kier alpha value is -1.10. The molecular weight excluding hydrogens is 266 g/mol. The quantitative estimate of drug-likeness (QED) is 0.736. The third-order valence-electron chi connectivity index (χ3n) is 5.83. The summed E-state index contributed by atoms with van der Waals surface area (Å²) in [5.74, 6) is 2.39. The highest BCUT2D eigenvalue weighted by Crippen LogP contribution is 2.55. The zero-order chi connectivity index (χ0) is 14.4. The van der Waals surface area contributed by atoms with Crippen molar-refractivity contribution in [2.45, 2.75) is 62.9 Å². The second kappa shape index (κ2) is 4.97. The molecule has 116 valence electrons. The summed E-state index contributed by atoms with van der Waals surface area (Å²) in [7, 11) is 0. The monoisotopic (exact) mass is 291 g/mol. The molecule has 5 fully saturated rings. The van der Waals surface area contributed by atoms with Gasteiger partial charge in [0.15, 0.2) is 0 Å². The zero-order valence-electron chi connectivity index (χ0n) is 12.5. The first-order valence-electron chi connectivity index (χ1n) is 8.46. The van der Waals surface area contributed by atoms with E-state index in [1.807, 2.05) is 0 Å². The maximum Gasteiger partial charge on any atom is 0.321 e. The van der Waals surface area contributed by atoms with Gasteiger partial charge in [-0.3, -0.25) is 10.1 Å². The highest BCUT2D eigenvalue weighted by Gasteiger charge is 2.50. The van der Waals surface area contributed by atoms with Crippen molar-refractivity contribution in [2.24, 2.45) is 17.8 Å². The molecule has 0 aromatic rings. The maximum absolute atomic E-state index is 11.9. The number of rotatable bonds is 4. The largest absolute Gasteiger partial charge is 0.335 e. The number of amides is 3. The van der Waals surface area contributed by atoms with Crippen molar-refractivity contribution in [1.29, 1.82) is 0 Å². The molecule has 0 aromatic carbocycles. The minimum absolute atomic E-state index is 0.180. The van der Waals surface area contributed by atoms with Gasteiger partial charge >= 0.3 is 6.03 Å². The zero-order valence-corrected chi connectivity index (χ0v) is 12.5. The third kappa shape index (κ3) is 2.93. The third-order valence-corrected chi connectivity index (χ3v) is 5.83. The Morgan fingerprint density at radius 3 is 2.05 bits per heavy atom. The van der Waals surface area contributed by atoms with Gasteiger partial charge in [0.05, 0.1) is 6.54 Å². The Kier molecular flexibility index (Phi) is 3.21. The highest BCUT2D eigenvalue weighted by molar-refractivity contribution is 5.95. The topological polar surface area (TPSA) is 70.2 Å². The molecule has 5 rings (SSSR count). The summed E-state index contributed by atoms with van der Waals surface area (Å²) in [6, 6.07) is -0.0521. The first-order valence-corrected chi connectivity index (χ1v) is 8.46. The first kappa shape index (κ1) is 13.6. The average Bonchev–Trinajstić information content (AvgIpc) is 3.18. The maximum atomic E-state index is 11.9. The minimum Gasteiger partial charge on any atom is -0.335 e. The molecule has 0 atom stereocenters. The lowest BCUT2D eigenvalue weighted by Gasteiger charge is -2.57. The Morgan fingerprint density at radius 2 is 1.52 bits per heavy atom. The van der Waals surface area contributed by atoms with E-state index in [0.29, 0.717) is 0 Å². The van der Waals surface area contributed by atoms with E-state index in [-0.39, 0.29) is 30.1 Å². The SMILES string of the molecule is O=C(CNC12CC3CC(CC(C3)C1)C2)NC(=O)NC1CC1. The van der Waals surface area contributed by atoms with Crippen LogP contribution in [0.25, 0.3) is 0 Å². The van der Waals surface area contributed by atoms with E-state index >= 15 is 0 Å². The van der Waals surface area contributed by atoms with Crippen LogP contribution in [0, 0.1) is 17.8 Å². The van der Waals surface area contributed by atoms with Crippen LogP contribution in [0.5, 0.6) is 0 Å². The molecule has 0 spiro atoms. The first-order chi connectivity index (χ1) is 10.1. The number of carbonyl (C=O) groups is 2. The number of carbonyl (C=O) groups excluding carboxylic acids is 2. The summed E-state index contributed by atoms with van der Waals surface area (Å²) in [5, 5.41) is 8.72. The molecule has 5 saturated carbocycles. The van der Waals surface area contributed by atoms with E-state index in [4.69, 9.17) is 0 Å². The molecule has 5 aliphatic rings. The van der Waals surface area contributed by atoms with Gasteiger partial charge in [-0.2, -0.15) is 0 Å². The average molecular weight is 291 g/mol. The molecule has 5 nitrogen and oxygen atoms in total. The van der Waals surface area contributed by atoms with E-state index in [9.17, 15) is 9.59 Å². The van der Waals surface area contributed by atoms with Crippen LogP contribution in [0.2, 0.25) is 0 Å². The Labute approximate surface area is 125 Å². The smallest absolute Gasteiger partial charge is 0.321 e. The van der Waals surface area contributed by atoms with Crippen molar-refractivity contribution in [3.63, 3.8) is 0 Å². The van der Waals surface area contributed by atoms with Crippen LogP contribution in [-0.2, 0) is 4.79 Å². The summed E-state index contributed by atoms with van der Waals surface area (Å²) in [4.78, 5) is 23.5. The number of hydrogen-bond donors (Lipinski definition) is 3. The Balaban J connectivity index is 1.28. The standard InChI is InChI=1S/C16H25N3O2/c20-14(19-15(21)18-13-1-2-13)9-17-16-6-10-3-11(7-16)5-12(4-10)8-16/h10-13,17H,1-9H2,(H2,18,19,20,21). The number of imide groups is 1. The molecule has 4 bridgehead atoms. The van der Waals surface area contributed by atoms with Crippen LogP contribution in [0.4, 0.5) is 4.79 Å². The van der Waals surface area contributed by atoms with Crippen molar-refractivity contribution in [1.82, 2.24) is 16.0 Å². The summed E-state index contributed by atoms with van der Waals surface area (Å²) < 4.78 is 0. The summed E-state index contributed by atoms with van der Waals surface area (Å²) >= 11 is 0. The van der Waals surface area contributed by atoms with Gasteiger partial charge in [0.1, 0.15) is 0 Å². The van der Waals surface area contributed by atoms with Crippen LogP contribution in [0.1, 0.15) is 51.4 Å². The molecule has 0 saturated heterocycles. The second-order valence-corrected chi connectivity index (χ2v) is 7.85. The van der Waals surface area contributed by atoms with Gasteiger partial charge in [0.2, 0.25) is 5.91 Å². The Bertz CT molecular complexity index is 423. The Morgan fingerprint density at radius 1 is 0.952 bits per heavy atom. The normalized spacial score (nSPS) is 40.1. The fourth-order valence-electron chi connectivity index (χ4n) is 5.21. The van der Waals surface area contributed by atoms with Crippen LogP contribution in [0.3, 0.4) is 0 Å². The molecule has 5 heteroatoms. The van der Waals surface area contributed by atoms with Crippen molar-refractivity contribution in [3.05, 3.63) is 0 Å². The van der Waals surface area contributed by atoms with Crippen molar-refractivity contribution in [3.8, 4) is 0 Å². The number of hydrogen-bond acceptors (Lipinski definition) is 3. The summed E-state index contributed by atoms with van der Waals surface area (Å²) in [6.07, 6.45) is 9.94. The molecule has 5 aliphatic carbocycles. The lowest BCUT2D eigenvalue weighted by molar-refractivity contribution is -0.120. The van der Waals surface area contributed by atoms with Crippen LogP contribution in [-0.4, -0.2) is 30.1 Å². The van der Waals surface area contributed by atoms with E-state index in [2.05, 4.69) is 16.0 Å². The van der Waals surface area contributed by atoms with E-state index < -0.39 is 0 Å². The van der Waals surface area contributed by atoms with Gasteiger partial charge in [-0.15, -0.1) is 0 Å². The molecule has 0 aliphatic heterocycles. The molecule has 3 N–H and O–H groups in total. The van der Waals surface area contributed by atoms with Gasteiger partial charge in [-0.1, -0.05) is 0 Å². The van der Waals surface area contributed by atoms with Crippen molar-refractivity contribution in [2.75, 3.05) is 6.54 Å². The molecule has 0 radical (unpaired) electrons. The lowest BCUT2D eigenvalue weighted by Crippen LogP contribution is -2.60. The molecule has 3 amide bonds. The van der Waals surface area contributed by atoms with Gasteiger partial charge < -0.3 is 10.6 Å². The number of nitrogens with one attached hydrogen (secondary N) is 3. The molecule has 0 aromatic heterocycles. The molecule has 21 heavy (non-hydrogen) atoms. The molecule has 0 unspecified atom stereocenters. The fourth-order valence-corrected chi connectivity index (χ4v) is 5.21.